The van der Waals surface area contributed by atoms with Crippen LogP contribution in [0.25, 0.3) is 0 Å². The first-order valence-corrected chi connectivity index (χ1v) is 7.22. The number of alkyl halides is 1. The molecule has 1 amide bonds. The Balaban J connectivity index is 2.59. The molecule has 1 rings (SSSR count). The molecule has 0 aliphatic rings. The number of rotatable bonds is 8. The van der Waals surface area contributed by atoms with Gasteiger partial charge in [0.25, 0.3) is 5.91 Å². The molecule has 0 saturated heterocycles. The van der Waals surface area contributed by atoms with Gasteiger partial charge in [0.15, 0.2) is 11.5 Å². The number of amides is 1. The monoisotopic (exact) mass is 299 g/mol. The van der Waals surface area contributed by atoms with Crippen molar-refractivity contribution < 1.29 is 14.3 Å². The normalized spacial score (nSPS) is 11.8. The third-order valence-electron chi connectivity index (χ3n) is 3.07. The maximum atomic E-state index is 12.1. The minimum atomic E-state index is -0.153. The first kappa shape index (κ1) is 16.6. The van der Waals surface area contributed by atoms with E-state index in [-0.39, 0.29) is 5.91 Å². The standard InChI is InChI=1S/C15H22ClNO3/c1-11(10-16)6-5-9-17-15(18)12-7-4-8-13(19-2)14(12)20-3/h4,7-8,11H,5-6,9-10H2,1-3H3,(H,17,18). The molecular weight excluding hydrogens is 278 g/mol. The lowest BCUT2D eigenvalue weighted by molar-refractivity contribution is 0.0949. The van der Waals surface area contributed by atoms with Crippen LogP contribution in [0.4, 0.5) is 0 Å². The van der Waals surface area contributed by atoms with Crippen LogP contribution in [0.5, 0.6) is 11.5 Å². The van der Waals surface area contributed by atoms with Crippen LogP contribution < -0.4 is 14.8 Å². The molecule has 1 unspecified atom stereocenters. The Hall–Kier alpha value is -1.42. The van der Waals surface area contributed by atoms with Gasteiger partial charge in [0.2, 0.25) is 0 Å². The zero-order valence-corrected chi connectivity index (χ0v) is 13.0. The minimum absolute atomic E-state index is 0.153. The molecule has 4 nitrogen and oxygen atoms in total. The maximum absolute atomic E-state index is 12.1. The zero-order valence-electron chi connectivity index (χ0n) is 12.2. The van der Waals surface area contributed by atoms with E-state index in [1.807, 2.05) is 0 Å². The molecule has 0 saturated carbocycles. The molecule has 1 aromatic rings. The Labute approximate surface area is 125 Å². The van der Waals surface area contributed by atoms with Crippen LogP contribution in [-0.4, -0.2) is 32.6 Å². The summed E-state index contributed by atoms with van der Waals surface area (Å²) >= 11 is 5.74. The molecule has 0 aromatic heterocycles. The van der Waals surface area contributed by atoms with Gasteiger partial charge in [0.1, 0.15) is 0 Å². The Morgan fingerprint density at radius 1 is 1.35 bits per heavy atom. The van der Waals surface area contributed by atoms with Crippen molar-refractivity contribution in [1.82, 2.24) is 5.32 Å². The third-order valence-corrected chi connectivity index (χ3v) is 3.60. The first-order valence-electron chi connectivity index (χ1n) is 6.69. The summed E-state index contributed by atoms with van der Waals surface area (Å²) < 4.78 is 10.4. The summed E-state index contributed by atoms with van der Waals surface area (Å²) in [6, 6.07) is 5.25. The Morgan fingerprint density at radius 3 is 2.70 bits per heavy atom. The van der Waals surface area contributed by atoms with E-state index in [1.165, 1.54) is 7.11 Å². The second-order valence-corrected chi connectivity index (χ2v) is 5.01. The fourth-order valence-electron chi connectivity index (χ4n) is 1.89. The average Bonchev–Trinajstić information content (AvgIpc) is 2.49. The summed E-state index contributed by atoms with van der Waals surface area (Å²) in [4.78, 5) is 12.1. The van der Waals surface area contributed by atoms with Crippen LogP contribution >= 0.6 is 11.6 Å². The lowest BCUT2D eigenvalue weighted by atomic mass is 10.1. The van der Waals surface area contributed by atoms with Gasteiger partial charge in [-0.25, -0.2) is 0 Å². The predicted octanol–water partition coefficient (Wildman–Crippen LogP) is 3.09. The van der Waals surface area contributed by atoms with E-state index in [0.29, 0.717) is 35.4 Å². The number of para-hydroxylation sites is 1. The van der Waals surface area contributed by atoms with Crippen molar-refractivity contribution >= 4 is 17.5 Å². The molecule has 0 spiro atoms. The Bertz CT molecular complexity index is 437. The van der Waals surface area contributed by atoms with Gasteiger partial charge in [0, 0.05) is 12.4 Å². The van der Waals surface area contributed by atoms with E-state index in [0.717, 1.165) is 12.8 Å². The van der Waals surface area contributed by atoms with Crippen molar-refractivity contribution in [2.24, 2.45) is 5.92 Å². The summed E-state index contributed by atoms with van der Waals surface area (Å²) in [6.07, 6.45) is 1.91. The van der Waals surface area contributed by atoms with Gasteiger partial charge in [-0.15, -0.1) is 11.6 Å². The number of carbonyl (C=O) groups is 1. The molecule has 0 aliphatic carbocycles. The molecule has 1 N–H and O–H groups in total. The number of hydrogen-bond donors (Lipinski definition) is 1. The largest absolute Gasteiger partial charge is 0.493 e. The smallest absolute Gasteiger partial charge is 0.255 e. The molecule has 0 bridgehead atoms. The number of ether oxygens (including phenoxy) is 2. The lowest BCUT2D eigenvalue weighted by Gasteiger charge is -2.13. The van der Waals surface area contributed by atoms with Crippen molar-refractivity contribution in [2.75, 3.05) is 26.6 Å². The van der Waals surface area contributed by atoms with Crippen molar-refractivity contribution in [3.8, 4) is 11.5 Å². The van der Waals surface area contributed by atoms with Gasteiger partial charge in [-0.05, 0) is 30.9 Å². The SMILES string of the molecule is COc1cccc(C(=O)NCCCC(C)CCl)c1OC. The highest BCUT2D eigenvalue weighted by atomic mass is 35.5. The van der Waals surface area contributed by atoms with Gasteiger partial charge in [-0.2, -0.15) is 0 Å². The minimum Gasteiger partial charge on any atom is -0.493 e. The molecule has 0 heterocycles. The maximum Gasteiger partial charge on any atom is 0.255 e. The molecule has 112 valence electrons. The summed E-state index contributed by atoms with van der Waals surface area (Å²) in [6.45, 7) is 2.72. The van der Waals surface area contributed by atoms with Gasteiger partial charge in [-0.3, -0.25) is 4.79 Å². The third kappa shape index (κ3) is 4.60. The van der Waals surface area contributed by atoms with Crippen LogP contribution in [0, 0.1) is 5.92 Å². The molecule has 0 aliphatic heterocycles. The number of hydrogen-bond acceptors (Lipinski definition) is 3. The van der Waals surface area contributed by atoms with Crippen molar-refractivity contribution in [3.05, 3.63) is 23.8 Å². The Morgan fingerprint density at radius 2 is 2.10 bits per heavy atom. The number of benzene rings is 1. The number of methoxy groups -OCH3 is 2. The predicted molar refractivity (Wildman–Crippen MR) is 81.0 cm³/mol. The van der Waals surface area contributed by atoms with Crippen LogP contribution in [0.3, 0.4) is 0 Å². The van der Waals surface area contributed by atoms with Gasteiger partial charge in [-0.1, -0.05) is 13.0 Å². The van der Waals surface area contributed by atoms with Crippen LogP contribution in [0.1, 0.15) is 30.1 Å². The van der Waals surface area contributed by atoms with Gasteiger partial charge >= 0.3 is 0 Å². The molecule has 1 aromatic carbocycles. The molecule has 5 heteroatoms. The van der Waals surface area contributed by atoms with Crippen molar-refractivity contribution in [3.63, 3.8) is 0 Å². The van der Waals surface area contributed by atoms with E-state index >= 15 is 0 Å². The van der Waals surface area contributed by atoms with Crippen LogP contribution in [-0.2, 0) is 0 Å². The molecular formula is C15H22ClNO3. The van der Waals surface area contributed by atoms with E-state index in [9.17, 15) is 4.79 Å². The fourth-order valence-corrected chi connectivity index (χ4v) is 2.05. The van der Waals surface area contributed by atoms with E-state index < -0.39 is 0 Å². The summed E-state index contributed by atoms with van der Waals surface area (Å²) in [5.41, 5.74) is 0.484. The molecule has 1 atom stereocenters. The molecule has 0 fully saturated rings. The van der Waals surface area contributed by atoms with Crippen molar-refractivity contribution in [1.29, 1.82) is 0 Å². The van der Waals surface area contributed by atoms with Crippen LogP contribution in [0.15, 0.2) is 18.2 Å². The quantitative estimate of drug-likeness (QED) is 0.593. The second kappa shape index (κ2) is 8.69. The lowest BCUT2D eigenvalue weighted by Crippen LogP contribution is -2.25. The topological polar surface area (TPSA) is 47.6 Å². The average molecular weight is 300 g/mol. The number of carbonyl (C=O) groups excluding carboxylic acids is 1. The first-order chi connectivity index (χ1) is 9.63. The Kier molecular flexibility index (Phi) is 7.23. The summed E-state index contributed by atoms with van der Waals surface area (Å²) in [7, 11) is 3.07. The van der Waals surface area contributed by atoms with E-state index in [4.69, 9.17) is 21.1 Å². The van der Waals surface area contributed by atoms with E-state index in [2.05, 4.69) is 12.2 Å². The van der Waals surface area contributed by atoms with E-state index in [1.54, 1.807) is 25.3 Å². The number of halogens is 1. The highest BCUT2D eigenvalue weighted by Crippen LogP contribution is 2.30. The second-order valence-electron chi connectivity index (χ2n) is 4.70. The van der Waals surface area contributed by atoms with Gasteiger partial charge in [0.05, 0.1) is 19.8 Å². The number of nitrogens with one attached hydrogen (secondary N) is 1. The summed E-state index contributed by atoms with van der Waals surface area (Å²) in [5.74, 6) is 1.98. The molecule has 20 heavy (non-hydrogen) atoms. The summed E-state index contributed by atoms with van der Waals surface area (Å²) in [5, 5.41) is 2.89. The van der Waals surface area contributed by atoms with Gasteiger partial charge < -0.3 is 14.8 Å². The molecule has 0 radical (unpaired) electrons. The van der Waals surface area contributed by atoms with Crippen LogP contribution in [0.2, 0.25) is 0 Å². The highest BCUT2D eigenvalue weighted by Gasteiger charge is 2.15. The van der Waals surface area contributed by atoms with Crippen molar-refractivity contribution in [2.45, 2.75) is 19.8 Å². The zero-order chi connectivity index (χ0) is 15.0. The highest BCUT2D eigenvalue weighted by molar-refractivity contribution is 6.18. The fraction of sp³-hybridized carbons (Fsp3) is 0.533.